The third-order valence-electron chi connectivity index (χ3n) is 7.18. The van der Waals surface area contributed by atoms with E-state index in [2.05, 4.69) is 36.7 Å². The standard InChI is InChI=1S/C24H29NO2S/c1-15-3-4-21(5-16(15)2)27-13-20-9-22(28-14-20)23(26)25-24-10-17-6-18(11-24)8-19(7-17)12-24/h3-5,9,14,17-19H,6-8,10-13H2,1-2H3,(H,25,26). The average Bonchev–Trinajstić information content (AvgIpc) is 3.10. The first-order valence-electron chi connectivity index (χ1n) is 10.6. The lowest BCUT2D eigenvalue weighted by Gasteiger charge is -2.56. The Hall–Kier alpha value is -1.81. The van der Waals surface area contributed by atoms with Gasteiger partial charge in [0.25, 0.3) is 5.91 Å². The van der Waals surface area contributed by atoms with Gasteiger partial charge in [0.1, 0.15) is 12.4 Å². The van der Waals surface area contributed by atoms with E-state index in [1.165, 1.54) is 61.0 Å². The van der Waals surface area contributed by atoms with Crippen molar-refractivity contribution in [2.45, 2.75) is 64.5 Å². The van der Waals surface area contributed by atoms with E-state index >= 15 is 0 Å². The molecular weight excluding hydrogens is 366 g/mol. The van der Waals surface area contributed by atoms with Gasteiger partial charge in [-0.05, 0) is 105 Å². The molecule has 0 radical (unpaired) electrons. The van der Waals surface area contributed by atoms with Crippen LogP contribution < -0.4 is 10.1 Å². The number of hydrogen-bond donors (Lipinski definition) is 1. The van der Waals surface area contributed by atoms with Gasteiger partial charge in [0.05, 0.1) is 4.88 Å². The highest BCUT2D eigenvalue weighted by atomic mass is 32.1. The number of ether oxygens (including phenoxy) is 1. The molecule has 6 rings (SSSR count). The largest absolute Gasteiger partial charge is 0.489 e. The maximum absolute atomic E-state index is 13.0. The lowest BCUT2D eigenvalue weighted by Crippen LogP contribution is -2.59. The van der Waals surface area contributed by atoms with Gasteiger partial charge in [-0.3, -0.25) is 4.79 Å². The van der Waals surface area contributed by atoms with E-state index in [9.17, 15) is 4.79 Å². The zero-order valence-electron chi connectivity index (χ0n) is 16.8. The minimum Gasteiger partial charge on any atom is -0.489 e. The van der Waals surface area contributed by atoms with Crippen molar-refractivity contribution in [1.29, 1.82) is 0 Å². The van der Waals surface area contributed by atoms with Crippen molar-refractivity contribution in [3.05, 3.63) is 51.2 Å². The summed E-state index contributed by atoms with van der Waals surface area (Å²) in [6.45, 7) is 4.70. The molecule has 3 nitrogen and oxygen atoms in total. The van der Waals surface area contributed by atoms with Gasteiger partial charge in [-0.1, -0.05) is 6.07 Å². The van der Waals surface area contributed by atoms with Gasteiger partial charge < -0.3 is 10.1 Å². The van der Waals surface area contributed by atoms with Crippen LogP contribution in [-0.2, 0) is 6.61 Å². The molecule has 1 heterocycles. The highest BCUT2D eigenvalue weighted by molar-refractivity contribution is 7.12. The molecule has 4 bridgehead atoms. The fourth-order valence-electron chi connectivity index (χ4n) is 6.11. The van der Waals surface area contributed by atoms with Crippen LogP contribution in [0.3, 0.4) is 0 Å². The van der Waals surface area contributed by atoms with Crippen LogP contribution in [0.4, 0.5) is 0 Å². The number of rotatable bonds is 5. The van der Waals surface area contributed by atoms with Gasteiger partial charge in [0.2, 0.25) is 0 Å². The highest BCUT2D eigenvalue weighted by Crippen LogP contribution is 2.55. The number of amides is 1. The van der Waals surface area contributed by atoms with Gasteiger partial charge >= 0.3 is 0 Å². The summed E-state index contributed by atoms with van der Waals surface area (Å²) in [6.07, 6.45) is 7.77. The third-order valence-corrected chi connectivity index (χ3v) is 8.16. The fraction of sp³-hybridized carbons (Fsp3) is 0.542. The van der Waals surface area contributed by atoms with Crippen LogP contribution in [0.2, 0.25) is 0 Å². The van der Waals surface area contributed by atoms with Crippen LogP contribution in [0.1, 0.15) is 64.9 Å². The fourth-order valence-corrected chi connectivity index (χ4v) is 6.90. The maximum Gasteiger partial charge on any atom is 0.261 e. The molecule has 0 aliphatic heterocycles. The zero-order chi connectivity index (χ0) is 19.3. The van der Waals surface area contributed by atoms with Gasteiger partial charge in [0, 0.05) is 11.1 Å². The van der Waals surface area contributed by atoms with Crippen LogP contribution in [0.5, 0.6) is 5.75 Å². The predicted octanol–water partition coefficient (Wildman–Crippen LogP) is 5.64. The summed E-state index contributed by atoms with van der Waals surface area (Å²) in [5.74, 6) is 3.53. The van der Waals surface area contributed by atoms with E-state index in [4.69, 9.17) is 4.74 Å². The van der Waals surface area contributed by atoms with Gasteiger partial charge in [-0.2, -0.15) is 0 Å². The minimum atomic E-state index is 0.0753. The van der Waals surface area contributed by atoms with Crippen molar-refractivity contribution in [1.82, 2.24) is 5.32 Å². The van der Waals surface area contributed by atoms with Gasteiger partial charge in [-0.15, -0.1) is 11.3 Å². The van der Waals surface area contributed by atoms with Crippen molar-refractivity contribution in [2.24, 2.45) is 17.8 Å². The van der Waals surface area contributed by atoms with E-state index in [-0.39, 0.29) is 11.4 Å². The van der Waals surface area contributed by atoms with Crippen molar-refractivity contribution in [3.63, 3.8) is 0 Å². The minimum absolute atomic E-state index is 0.0753. The molecule has 1 aromatic carbocycles. The predicted molar refractivity (Wildman–Crippen MR) is 113 cm³/mol. The number of thiophene rings is 1. The second kappa shape index (κ2) is 6.91. The molecule has 1 amide bonds. The highest BCUT2D eigenvalue weighted by Gasteiger charge is 2.51. The first-order chi connectivity index (χ1) is 13.5. The average molecular weight is 396 g/mol. The Morgan fingerprint density at radius 3 is 2.39 bits per heavy atom. The van der Waals surface area contributed by atoms with Crippen LogP contribution in [0.15, 0.2) is 29.6 Å². The van der Waals surface area contributed by atoms with Crippen LogP contribution in [0.25, 0.3) is 0 Å². The van der Waals surface area contributed by atoms with E-state index in [1.54, 1.807) is 0 Å². The quantitative estimate of drug-likeness (QED) is 0.711. The Morgan fingerprint density at radius 2 is 1.75 bits per heavy atom. The third kappa shape index (κ3) is 3.47. The molecule has 28 heavy (non-hydrogen) atoms. The topological polar surface area (TPSA) is 38.3 Å². The molecule has 0 spiro atoms. The summed E-state index contributed by atoms with van der Waals surface area (Å²) in [5, 5.41) is 5.52. The second-order valence-electron chi connectivity index (χ2n) is 9.51. The van der Waals surface area contributed by atoms with Crippen molar-refractivity contribution < 1.29 is 9.53 Å². The molecule has 4 fully saturated rings. The van der Waals surface area contributed by atoms with Gasteiger partial charge in [-0.25, -0.2) is 0 Å². The van der Waals surface area contributed by atoms with Crippen LogP contribution in [0, 0.1) is 31.6 Å². The van der Waals surface area contributed by atoms with E-state index in [0.29, 0.717) is 6.61 Å². The number of aryl methyl sites for hydroxylation is 2. The summed E-state index contributed by atoms with van der Waals surface area (Å²) < 4.78 is 5.93. The molecule has 0 atom stereocenters. The lowest BCUT2D eigenvalue weighted by atomic mass is 9.53. The summed E-state index contributed by atoms with van der Waals surface area (Å²) >= 11 is 1.53. The van der Waals surface area contributed by atoms with Crippen molar-refractivity contribution >= 4 is 17.2 Å². The molecule has 2 aromatic rings. The Bertz CT molecular complexity index is 864. The summed E-state index contributed by atoms with van der Waals surface area (Å²) in [7, 11) is 0. The lowest BCUT2D eigenvalue weighted by molar-refractivity contribution is -0.0166. The Morgan fingerprint density at radius 1 is 1.07 bits per heavy atom. The summed E-state index contributed by atoms with van der Waals surface area (Å²) in [4.78, 5) is 13.8. The van der Waals surface area contributed by atoms with Gasteiger partial charge in [0.15, 0.2) is 0 Å². The van der Waals surface area contributed by atoms with E-state index in [0.717, 1.165) is 33.9 Å². The molecule has 4 aliphatic rings. The van der Waals surface area contributed by atoms with Crippen LogP contribution >= 0.6 is 11.3 Å². The Balaban J connectivity index is 1.22. The summed E-state index contributed by atoms with van der Waals surface area (Å²) in [5.41, 5.74) is 3.65. The first-order valence-corrected chi connectivity index (χ1v) is 11.5. The number of benzene rings is 1. The number of hydrogen-bond acceptors (Lipinski definition) is 3. The molecule has 4 heteroatoms. The smallest absolute Gasteiger partial charge is 0.261 e. The Labute approximate surface area is 171 Å². The van der Waals surface area contributed by atoms with Crippen molar-refractivity contribution in [2.75, 3.05) is 0 Å². The van der Waals surface area contributed by atoms with Crippen molar-refractivity contribution in [3.8, 4) is 5.75 Å². The normalized spacial score (nSPS) is 30.4. The molecule has 0 saturated heterocycles. The zero-order valence-corrected chi connectivity index (χ0v) is 17.6. The molecule has 0 unspecified atom stereocenters. The van der Waals surface area contributed by atoms with Crippen LogP contribution in [-0.4, -0.2) is 11.4 Å². The van der Waals surface area contributed by atoms with E-state index in [1.807, 2.05) is 12.1 Å². The number of carbonyl (C=O) groups is 1. The molecule has 4 aliphatic carbocycles. The Kier molecular flexibility index (Phi) is 4.50. The molecular formula is C24H29NO2S. The summed E-state index contributed by atoms with van der Waals surface area (Å²) in [6, 6.07) is 8.17. The number of nitrogens with one attached hydrogen (secondary N) is 1. The SMILES string of the molecule is Cc1ccc(OCc2csc(C(=O)NC34CC5CC(CC(C5)C3)C4)c2)cc1C. The maximum atomic E-state index is 13.0. The second-order valence-corrected chi connectivity index (χ2v) is 10.4. The molecule has 1 aromatic heterocycles. The monoisotopic (exact) mass is 395 g/mol. The molecule has 148 valence electrons. The first kappa shape index (κ1) is 18.2. The number of carbonyl (C=O) groups excluding carboxylic acids is 1. The molecule has 4 saturated carbocycles. The molecule has 1 N–H and O–H groups in total. The van der Waals surface area contributed by atoms with E-state index < -0.39 is 0 Å².